The van der Waals surface area contributed by atoms with Crippen LogP contribution >= 0.6 is 0 Å². The van der Waals surface area contributed by atoms with Crippen molar-refractivity contribution in [3.63, 3.8) is 0 Å². The predicted octanol–water partition coefficient (Wildman–Crippen LogP) is -2.07. The van der Waals surface area contributed by atoms with Crippen molar-refractivity contribution in [1.82, 2.24) is 24.3 Å². The van der Waals surface area contributed by atoms with Crippen molar-refractivity contribution < 1.29 is 14.9 Å². The van der Waals surface area contributed by atoms with Crippen LogP contribution in [0.25, 0.3) is 0 Å². The number of aliphatic hydroxyl groups excluding tert-OH is 2. The average molecular weight is 309 g/mol. The Bertz CT molecular complexity index is 767. The molecule has 2 aromatic heterocycles. The van der Waals surface area contributed by atoms with Gasteiger partial charge in [-0.15, -0.1) is 0 Å². The van der Waals surface area contributed by atoms with Crippen molar-refractivity contribution in [2.75, 3.05) is 6.61 Å². The number of aryl methyl sites for hydroxylation is 1. The minimum atomic E-state index is -1.15. The molecule has 1 saturated heterocycles. The summed E-state index contributed by atoms with van der Waals surface area (Å²) in [5.41, 5.74) is -0.893. The summed E-state index contributed by atoms with van der Waals surface area (Å²) in [5.74, 6) is 0. The van der Waals surface area contributed by atoms with Gasteiger partial charge in [0.25, 0.3) is 5.56 Å². The molecule has 1 aliphatic rings. The Hall–Kier alpha value is -2.30. The van der Waals surface area contributed by atoms with Gasteiger partial charge >= 0.3 is 5.69 Å². The second-order valence-electron chi connectivity index (χ2n) is 5.08. The molecular formula is C12H15N5O5. The highest BCUT2D eigenvalue weighted by Crippen LogP contribution is 2.35. The summed E-state index contributed by atoms with van der Waals surface area (Å²) in [5, 5.41) is 23.9. The minimum Gasteiger partial charge on any atom is -0.394 e. The Morgan fingerprint density at radius 1 is 1.45 bits per heavy atom. The molecule has 10 heteroatoms. The highest BCUT2D eigenvalue weighted by Gasteiger charge is 2.46. The van der Waals surface area contributed by atoms with Crippen molar-refractivity contribution in [1.29, 1.82) is 0 Å². The monoisotopic (exact) mass is 309 g/mol. The lowest BCUT2D eigenvalue weighted by Gasteiger charge is -2.19. The van der Waals surface area contributed by atoms with Crippen LogP contribution in [0, 0.1) is 6.92 Å². The lowest BCUT2D eigenvalue weighted by molar-refractivity contribution is -0.0536. The van der Waals surface area contributed by atoms with Gasteiger partial charge in [-0.05, 0) is 6.92 Å². The zero-order valence-electron chi connectivity index (χ0n) is 11.7. The second kappa shape index (κ2) is 5.48. The number of H-pyrrole nitrogens is 1. The maximum Gasteiger partial charge on any atom is 0.330 e. The number of nitrogens with one attached hydrogen (secondary N) is 1. The Kier molecular flexibility index (Phi) is 3.64. The lowest BCUT2D eigenvalue weighted by Crippen LogP contribution is -2.37. The molecule has 10 nitrogen and oxygen atoms in total. The minimum absolute atomic E-state index is 0.306. The number of hydrogen-bond donors (Lipinski definition) is 3. The van der Waals surface area contributed by atoms with E-state index in [0.717, 1.165) is 4.57 Å². The molecule has 4 atom stereocenters. The summed E-state index contributed by atoms with van der Waals surface area (Å²) in [4.78, 5) is 29.3. The van der Waals surface area contributed by atoms with Crippen molar-refractivity contribution in [2.24, 2.45) is 0 Å². The molecule has 3 N–H and O–H groups in total. The molecule has 118 valence electrons. The van der Waals surface area contributed by atoms with Gasteiger partial charge in [0.1, 0.15) is 30.9 Å². The fourth-order valence-electron chi connectivity index (χ4n) is 2.58. The van der Waals surface area contributed by atoms with Crippen LogP contribution < -0.4 is 11.2 Å². The first kappa shape index (κ1) is 14.6. The van der Waals surface area contributed by atoms with E-state index in [9.17, 15) is 19.8 Å². The Balaban J connectivity index is 2.01. The maximum absolute atomic E-state index is 11.9. The number of aliphatic hydroxyl groups is 2. The van der Waals surface area contributed by atoms with E-state index in [4.69, 9.17) is 4.74 Å². The molecule has 0 saturated carbocycles. The second-order valence-corrected chi connectivity index (χ2v) is 5.08. The summed E-state index contributed by atoms with van der Waals surface area (Å²) in [6.07, 6.45) is 1.04. The molecule has 0 aromatic carbocycles. The molecule has 1 fully saturated rings. The topological polar surface area (TPSA) is 135 Å². The van der Waals surface area contributed by atoms with E-state index >= 15 is 0 Å². The molecule has 0 radical (unpaired) electrons. The van der Waals surface area contributed by atoms with Gasteiger partial charge in [-0.2, -0.15) is 5.10 Å². The Labute approximate surface area is 123 Å². The van der Waals surface area contributed by atoms with Crippen LogP contribution in [0.4, 0.5) is 0 Å². The van der Waals surface area contributed by atoms with E-state index in [1.165, 1.54) is 30.5 Å². The highest BCUT2D eigenvalue weighted by molar-refractivity contribution is 5.03. The van der Waals surface area contributed by atoms with Gasteiger partial charge in [-0.3, -0.25) is 14.3 Å². The molecule has 0 spiro atoms. The van der Waals surface area contributed by atoms with Gasteiger partial charge in [0.15, 0.2) is 6.23 Å². The molecule has 0 bridgehead atoms. The SMILES string of the molecule is Cc1cn([C@@H]2O[C@H](CO)[C@@H](n3cncn3)[C@@H]2O)c(=O)[nH]c1=O. The Morgan fingerprint density at radius 3 is 2.86 bits per heavy atom. The molecule has 0 aliphatic carbocycles. The molecule has 3 heterocycles. The van der Waals surface area contributed by atoms with Gasteiger partial charge in [-0.1, -0.05) is 0 Å². The average Bonchev–Trinajstić information content (AvgIpc) is 3.10. The van der Waals surface area contributed by atoms with Gasteiger partial charge in [0.05, 0.1) is 6.61 Å². The first-order chi connectivity index (χ1) is 10.5. The summed E-state index contributed by atoms with van der Waals surface area (Å²) in [7, 11) is 0. The fraction of sp³-hybridized carbons (Fsp3) is 0.500. The largest absolute Gasteiger partial charge is 0.394 e. The molecule has 0 unspecified atom stereocenters. The summed E-state index contributed by atoms with van der Waals surface area (Å²) >= 11 is 0. The van der Waals surface area contributed by atoms with Crippen molar-refractivity contribution >= 4 is 0 Å². The van der Waals surface area contributed by atoms with Crippen LogP contribution in [-0.2, 0) is 4.74 Å². The standard InChI is InChI=1S/C12H15N5O5/c1-6-2-16(12(21)15-10(6)20)11-9(19)8(7(3-18)22-11)17-5-13-4-14-17/h2,4-5,7-9,11,18-19H,3H2,1H3,(H,15,20,21)/t7-,8-,9+,11-/m1/s1. The van der Waals surface area contributed by atoms with E-state index in [1.54, 1.807) is 0 Å². The van der Waals surface area contributed by atoms with Crippen LogP contribution in [0.15, 0.2) is 28.4 Å². The maximum atomic E-state index is 11.9. The summed E-state index contributed by atoms with van der Waals surface area (Å²) in [6.45, 7) is 1.17. The van der Waals surface area contributed by atoms with Crippen LogP contribution in [-0.4, -0.2) is 53.3 Å². The zero-order chi connectivity index (χ0) is 15.9. The van der Waals surface area contributed by atoms with E-state index in [1.807, 2.05) is 0 Å². The first-order valence-corrected chi connectivity index (χ1v) is 6.63. The Morgan fingerprint density at radius 2 is 2.23 bits per heavy atom. The van der Waals surface area contributed by atoms with Crippen molar-refractivity contribution in [3.05, 3.63) is 45.3 Å². The molecule has 22 heavy (non-hydrogen) atoms. The molecule has 1 aliphatic heterocycles. The third-order valence-corrected chi connectivity index (χ3v) is 3.68. The quantitative estimate of drug-likeness (QED) is 0.592. The van der Waals surface area contributed by atoms with Gasteiger partial charge in [0.2, 0.25) is 0 Å². The number of nitrogens with zero attached hydrogens (tertiary/aromatic N) is 4. The molecule has 0 amide bonds. The number of aromatic amines is 1. The number of aromatic nitrogens is 5. The highest BCUT2D eigenvalue weighted by atomic mass is 16.5. The van der Waals surface area contributed by atoms with Gasteiger partial charge in [0, 0.05) is 11.8 Å². The molecular weight excluding hydrogens is 294 g/mol. The van der Waals surface area contributed by atoms with E-state index < -0.39 is 35.7 Å². The fourth-order valence-corrected chi connectivity index (χ4v) is 2.58. The third kappa shape index (κ3) is 2.26. The van der Waals surface area contributed by atoms with Crippen LogP contribution in [0.5, 0.6) is 0 Å². The van der Waals surface area contributed by atoms with Crippen LogP contribution in [0.2, 0.25) is 0 Å². The third-order valence-electron chi connectivity index (χ3n) is 3.68. The lowest BCUT2D eigenvalue weighted by atomic mass is 10.1. The zero-order valence-corrected chi connectivity index (χ0v) is 11.7. The summed E-state index contributed by atoms with van der Waals surface area (Å²) in [6, 6.07) is -0.698. The van der Waals surface area contributed by atoms with E-state index in [0.29, 0.717) is 5.56 Å². The van der Waals surface area contributed by atoms with Crippen LogP contribution in [0.1, 0.15) is 17.8 Å². The van der Waals surface area contributed by atoms with Gasteiger partial charge < -0.3 is 14.9 Å². The predicted molar refractivity (Wildman–Crippen MR) is 72.1 cm³/mol. The van der Waals surface area contributed by atoms with E-state index in [-0.39, 0.29) is 6.61 Å². The number of ether oxygens (including phenoxy) is 1. The summed E-state index contributed by atoms with van der Waals surface area (Å²) < 4.78 is 8.04. The number of rotatable bonds is 3. The van der Waals surface area contributed by atoms with Crippen molar-refractivity contribution in [2.45, 2.75) is 31.4 Å². The molecule has 2 aromatic rings. The van der Waals surface area contributed by atoms with E-state index in [2.05, 4.69) is 15.1 Å². The van der Waals surface area contributed by atoms with Crippen LogP contribution in [0.3, 0.4) is 0 Å². The normalized spacial score (nSPS) is 28.1. The van der Waals surface area contributed by atoms with Crippen molar-refractivity contribution in [3.8, 4) is 0 Å². The first-order valence-electron chi connectivity index (χ1n) is 6.63. The van der Waals surface area contributed by atoms with Gasteiger partial charge in [-0.25, -0.2) is 14.5 Å². The molecule has 3 rings (SSSR count). The smallest absolute Gasteiger partial charge is 0.330 e. The number of hydrogen-bond acceptors (Lipinski definition) is 7.